The van der Waals surface area contributed by atoms with Gasteiger partial charge in [-0.25, -0.2) is 4.79 Å². The van der Waals surface area contributed by atoms with Crippen LogP contribution >= 0.6 is 0 Å². The molecule has 0 aromatic rings. The predicted octanol–water partition coefficient (Wildman–Crippen LogP) is 1.03. The average Bonchev–Trinajstić information content (AvgIpc) is 1.79. The van der Waals surface area contributed by atoms with Gasteiger partial charge in [0.1, 0.15) is 5.60 Å². The molecule has 0 aromatic heterocycles. The molecule has 0 unspecified atom stereocenters. The van der Waals surface area contributed by atoms with Gasteiger partial charge in [-0.1, -0.05) is 0 Å². The van der Waals surface area contributed by atoms with Crippen LogP contribution in [-0.4, -0.2) is 34.9 Å². The number of rotatable bonds is 1. The molecule has 0 N–H and O–H groups in total. The highest BCUT2D eigenvalue weighted by Gasteiger charge is 2.41. The molecule has 1 aliphatic rings. The second-order valence-corrected chi connectivity index (χ2v) is 4.96. The SMILES string of the molecule is CC(C)(C)OC(=O)N1CC([S+]=O)C1. The molecule has 0 atom stereocenters. The summed E-state index contributed by atoms with van der Waals surface area (Å²) in [5, 5.41) is 0.0486. The van der Waals surface area contributed by atoms with Crippen LogP contribution in [0.3, 0.4) is 0 Å². The van der Waals surface area contributed by atoms with Gasteiger partial charge in [0.2, 0.25) is 0 Å². The lowest BCUT2D eigenvalue weighted by Crippen LogP contribution is -2.54. The van der Waals surface area contributed by atoms with E-state index >= 15 is 0 Å². The van der Waals surface area contributed by atoms with Gasteiger partial charge in [0, 0.05) is 4.21 Å². The third kappa shape index (κ3) is 2.91. The van der Waals surface area contributed by atoms with E-state index in [4.69, 9.17) is 4.74 Å². The molecule has 1 saturated heterocycles. The van der Waals surface area contributed by atoms with Crippen LogP contribution < -0.4 is 0 Å². The van der Waals surface area contributed by atoms with Crippen LogP contribution in [-0.2, 0) is 20.6 Å². The summed E-state index contributed by atoms with van der Waals surface area (Å²) in [7, 11) is 0. The summed E-state index contributed by atoms with van der Waals surface area (Å²) in [5.41, 5.74) is -0.452. The number of nitrogens with zero attached hydrogens (tertiary/aromatic N) is 1. The van der Waals surface area contributed by atoms with Gasteiger partial charge in [-0.05, 0) is 20.8 Å². The first-order valence-electron chi connectivity index (χ1n) is 4.19. The second-order valence-electron chi connectivity index (χ2n) is 4.10. The molecule has 4 nitrogen and oxygen atoms in total. The Morgan fingerprint density at radius 3 is 2.38 bits per heavy atom. The minimum atomic E-state index is -0.452. The molecule has 1 heterocycles. The molecule has 13 heavy (non-hydrogen) atoms. The number of carbonyl (C=O) groups excluding carboxylic acids is 1. The van der Waals surface area contributed by atoms with E-state index in [0.717, 1.165) is 0 Å². The minimum Gasteiger partial charge on any atom is -0.444 e. The van der Waals surface area contributed by atoms with Gasteiger partial charge in [-0.3, -0.25) is 4.90 Å². The fourth-order valence-corrected chi connectivity index (χ4v) is 1.46. The molecule has 0 aliphatic carbocycles. The lowest BCUT2D eigenvalue weighted by molar-refractivity contribution is 0.0142. The number of hydrogen-bond acceptors (Lipinski definition) is 3. The lowest BCUT2D eigenvalue weighted by Gasteiger charge is -2.32. The molecule has 1 fully saturated rings. The van der Waals surface area contributed by atoms with Crippen molar-refractivity contribution < 1.29 is 13.7 Å². The largest absolute Gasteiger partial charge is 0.466 e. The Balaban J connectivity index is 2.31. The maximum atomic E-state index is 11.3. The number of ether oxygens (including phenoxy) is 1. The van der Waals surface area contributed by atoms with Crippen molar-refractivity contribution in [3.63, 3.8) is 0 Å². The summed E-state index contributed by atoms with van der Waals surface area (Å²) in [6.45, 7) is 6.51. The van der Waals surface area contributed by atoms with Crippen molar-refractivity contribution in [2.75, 3.05) is 13.1 Å². The van der Waals surface area contributed by atoms with E-state index in [0.29, 0.717) is 24.8 Å². The quantitative estimate of drug-likeness (QED) is 0.599. The van der Waals surface area contributed by atoms with Crippen molar-refractivity contribution in [2.45, 2.75) is 31.6 Å². The lowest BCUT2D eigenvalue weighted by atomic mass is 10.2. The molecule has 0 bridgehead atoms. The summed E-state index contributed by atoms with van der Waals surface area (Å²) >= 11 is 0.551. The van der Waals surface area contributed by atoms with Gasteiger partial charge in [0.25, 0.3) is 5.25 Å². The average molecular weight is 204 g/mol. The number of hydrogen-bond donors (Lipinski definition) is 0. The Hall–Kier alpha value is -0.710. The molecule has 1 rings (SSSR count). The summed E-state index contributed by atoms with van der Waals surface area (Å²) in [4.78, 5) is 12.8. The normalized spacial score (nSPS) is 17.9. The van der Waals surface area contributed by atoms with Crippen LogP contribution in [0.2, 0.25) is 0 Å². The maximum Gasteiger partial charge on any atom is 0.466 e. The highest BCUT2D eigenvalue weighted by atomic mass is 32.1. The van der Waals surface area contributed by atoms with Gasteiger partial charge in [-0.2, -0.15) is 0 Å². The third-order valence-electron chi connectivity index (χ3n) is 1.64. The summed E-state index contributed by atoms with van der Waals surface area (Å²) < 4.78 is 15.4. The van der Waals surface area contributed by atoms with Gasteiger partial charge < -0.3 is 4.74 Å². The van der Waals surface area contributed by atoms with Crippen LogP contribution in [0, 0.1) is 0 Å². The van der Waals surface area contributed by atoms with E-state index in [2.05, 4.69) is 0 Å². The van der Waals surface area contributed by atoms with Gasteiger partial charge in [-0.15, -0.1) is 0 Å². The van der Waals surface area contributed by atoms with Crippen LogP contribution in [0.1, 0.15) is 20.8 Å². The molecular weight excluding hydrogens is 190 g/mol. The van der Waals surface area contributed by atoms with Crippen LogP contribution in [0.4, 0.5) is 4.79 Å². The van der Waals surface area contributed by atoms with Gasteiger partial charge in [0.15, 0.2) is 0 Å². The molecular formula is C8H14NO3S+. The van der Waals surface area contributed by atoms with E-state index in [1.165, 1.54) is 0 Å². The predicted molar refractivity (Wildman–Crippen MR) is 49.6 cm³/mol. The van der Waals surface area contributed by atoms with Gasteiger partial charge >= 0.3 is 17.8 Å². The van der Waals surface area contributed by atoms with Crippen molar-refractivity contribution in [1.82, 2.24) is 4.90 Å². The zero-order valence-corrected chi connectivity index (χ0v) is 8.89. The van der Waals surface area contributed by atoms with E-state index in [-0.39, 0.29) is 11.3 Å². The van der Waals surface area contributed by atoms with Crippen LogP contribution in [0.25, 0.3) is 0 Å². The molecule has 1 aliphatic heterocycles. The van der Waals surface area contributed by atoms with Crippen molar-refractivity contribution in [1.29, 1.82) is 0 Å². The fraction of sp³-hybridized carbons (Fsp3) is 0.875. The Morgan fingerprint density at radius 2 is 2.00 bits per heavy atom. The number of likely N-dealkylation sites (tertiary alicyclic amines) is 1. The Kier molecular flexibility index (Phi) is 2.85. The Bertz CT molecular complexity index is 218. The summed E-state index contributed by atoms with van der Waals surface area (Å²) in [6, 6.07) is 0. The molecule has 74 valence electrons. The smallest absolute Gasteiger partial charge is 0.444 e. The first kappa shape index (κ1) is 10.4. The molecule has 0 spiro atoms. The first-order valence-corrected chi connectivity index (χ1v) is 4.99. The van der Waals surface area contributed by atoms with Crippen molar-refractivity contribution >= 4 is 17.8 Å². The monoisotopic (exact) mass is 204 g/mol. The highest BCUT2D eigenvalue weighted by molar-refractivity contribution is 7.66. The fourth-order valence-electron chi connectivity index (χ4n) is 0.975. The van der Waals surface area contributed by atoms with Gasteiger partial charge in [0.05, 0.1) is 13.1 Å². The second kappa shape index (κ2) is 3.57. The van der Waals surface area contributed by atoms with E-state index < -0.39 is 5.60 Å². The number of carbonyl (C=O) groups is 1. The maximum absolute atomic E-state index is 11.3. The Morgan fingerprint density at radius 1 is 1.46 bits per heavy atom. The van der Waals surface area contributed by atoms with Crippen LogP contribution in [0.15, 0.2) is 0 Å². The van der Waals surface area contributed by atoms with Crippen molar-refractivity contribution in [2.24, 2.45) is 0 Å². The third-order valence-corrected chi connectivity index (χ3v) is 2.21. The van der Waals surface area contributed by atoms with E-state index in [9.17, 15) is 9.00 Å². The zero-order chi connectivity index (χ0) is 10.1. The Labute approximate surface area is 81.7 Å². The highest BCUT2D eigenvalue weighted by Crippen LogP contribution is 2.15. The van der Waals surface area contributed by atoms with Crippen molar-refractivity contribution in [3.05, 3.63) is 0 Å². The minimum absolute atomic E-state index is 0.0486. The zero-order valence-electron chi connectivity index (χ0n) is 8.07. The summed E-state index contributed by atoms with van der Waals surface area (Å²) in [6.07, 6.45) is -0.321. The van der Waals surface area contributed by atoms with E-state index in [1.807, 2.05) is 20.8 Å². The standard InChI is InChI=1S/C8H14NO3S/c1-8(2,3)12-7(10)9-4-6(5-9)13-11/h6H,4-5H2,1-3H3/q+1. The molecule has 1 amide bonds. The van der Waals surface area contributed by atoms with Crippen LogP contribution in [0.5, 0.6) is 0 Å². The van der Waals surface area contributed by atoms with Crippen molar-refractivity contribution in [3.8, 4) is 0 Å². The van der Waals surface area contributed by atoms with E-state index in [1.54, 1.807) is 4.90 Å². The summed E-state index contributed by atoms with van der Waals surface area (Å²) in [5.74, 6) is 0. The molecule has 5 heteroatoms. The molecule has 0 aromatic carbocycles. The molecule has 0 saturated carbocycles. The number of amides is 1. The topological polar surface area (TPSA) is 46.6 Å². The molecule has 0 radical (unpaired) electrons. The first-order chi connectivity index (χ1) is 5.92.